The van der Waals surface area contributed by atoms with Gasteiger partial charge in [0.2, 0.25) is 0 Å². The second-order valence-electron chi connectivity index (χ2n) is 6.08. The molecule has 0 saturated heterocycles. The van der Waals surface area contributed by atoms with Gasteiger partial charge in [-0.25, -0.2) is 13.8 Å². The van der Waals surface area contributed by atoms with E-state index in [1.165, 1.54) is 12.3 Å². The molecule has 0 saturated carbocycles. The Morgan fingerprint density at radius 3 is 2.96 bits per heavy atom. The molecule has 1 unspecified atom stereocenters. The van der Waals surface area contributed by atoms with E-state index in [9.17, 15) is 13.6 Å². The fourth-order valence-corrected chi connectivity index (χ4v) is 2.74. The van der Waals surface area contributed by atoms with Crippen LogP contribution in [0.3, 0.4) is 0 Å². The van der Waals surface area contributed by atoms with Crippen LogP contribution in [0.25, 0.3) is 11.3 Å². The minimum atomic E-state index is -0.719. The van der Waals surface area contributed by atoms with Crippen molar-refractivity contribution in [3.05, 3.63) is 54.1 Å². The molecule has 25 heavy (non-hydrogen) atoms. The Kier molecular flexibility index (Phi) is 5.58. The first-order chi connectivity index (χ1) is 12.1. The van der Waals surface area contributed by atoms with Gasteiger partial charge in [-0.05, 0) is 37.3 Å². The van der Waals surface area contributed by atoms with Gasteiger partial charge in [0.25, 0.3) is 0 Å². The van der Waals surface area contributed by atoms with Gasteiger partial charge < -0.3 is 9.15 Å². The fraction of sp³-hybridized carbons (Fsp3) is 0.368. The summed E-state index contributed by atoms with van der Waals surface area (Å²) >= 11 is 0. The van der Waals surface area contributed by atoms with Crippen LogP contribution in [-0.2, 0) is 16.0 Å². The highest BCUT2D eigenvalue weighted by molar-refractivity contribution is 5.69. The van der Waals surface area contributed by atoms with Crippen molar-refractivity contribution in [2.45, 2.75) is 32.1 Å². The molecule has 1 atom stereocenters. The van der Waals surface area contributed by atoms with Crippen LogP contribution in [0.5, 0.6) is 0 Å². The molecule has 1 aliphatic rings. The van der Waals surface area contributed by atoms with Gasteiger partial charge in [-0.15, -0.1) is 0 Å². The molecule has 0 N–H and O–H groups in total. The molecule has 0 fully saturated rings. The van der Waals surface area contributed by atoms with Crippen molar-refractivity contribution in [3.8, 4) is 11.3 Å². The van der Waals surface area contributed by atoms with E-state index in [2.05, 4.69) is 17.1 Å². The van der Waals surface area contributed by atoms with Crippen molar-refractivity contribution >= 4 is 5.97 Å². The summed E-state index contributed by atoms with van der Waals surface area (Å²) in [4.78, 5) is 15.9. The van der Waals surface area contributed by atoms with E-state index in [1.54, 1.807) is 0 Å². The first-order valence-corrected chi connectivity index (χ1v) is 8.32. The Balaban J connectivity index is 1.49. The molecule has 0 amide bonds. The highest BCUT2D eigenvalue weighted by Crippen LogP contribution is 2.24. The molecule has 3 rings (SSSR count). The van der Waals surface area contributed by atoms with Crippen LogP contribution in [0.1, 0.15) is 31.6 Å². The number of nitrogens with zero attached hydrogens (tertiary/aromatic N) is 1. The predicted molar refractivity (Wildman–Crippen MR) is 87.6 cm³/mol. The standard InChI is InChI=1S/C19H19F2NO3/c20-14-6-7-15(16(21)10-14)17-11-22-18(25-17)8-9-19(23)24-12-13-4-2-1-3-5-13/h1-2,6-7,10-11,13H,3-5,8-9,12H2. The van der Waals surface area contributed by atoms with Crippen LogP contribution < -0.4 is 0 Å². The third-order valence-corrected chi connectivity index (χ3v) is 4.15. The summed E-state index contributed by atoms with van der Waals surface area (Å²) in [7, 11) is 0. The zero-order chi connectivity index (χ0) is 17.6. The molecule has 132 valence electrons. The van der Waals surface area contributed by atoms with Crippen LogP contribution in [0.4, 0.5) is 8.78 Å². The van der Waals surface area contributed by atoms with Crippen molar-refractivity contribution in [2.24, 2.45) is 5.92 Å². The predicted octanol–water partition coefficient (Wildman–Crippen LogP) is 4.45. The lowest BCUT2D eigenvalue weighted by Gasteiger charge is -2.17. The topological polar surface area (TPSA) is 52.3 Å². The van der Waals surface area contributed by atoms with Gasteiger partial charge in [0, 0.05) is 12.5 Å². The quantitative estimate of drug-likeness (QED) is 0.572. The molecule has 4 nitrogen and oxygen atoms in total. The van der Waals surface area contributed by atoms with E-state index in [4.69, 9.17) is 9.15 Å². The van der Waals surface area contributed by atoms with E-state index < -0.39 is 11.6 Å². The monoisotopic (exact) mass is 347 g/mol. The Hall–Kier alpha value is -2.50. The van der Waals surface area contributed by atoms with Gasteiger partial charge >= 0.3 is 5.97 Å². The average Bonchev–Trinajstić information content (AvgIpc) is 3.08. The number of carbonyl (C=O) groups is 1. The number of aromatic nitrogens is 1. The summed E-state index contributed by atoms with van der Waals surface area (Å²) < 4.78 is 37.4. The molecule has 0 spiro atoms. The maximum Gasteiger partial charge on any atom is 0.306 e. The Morgan fingerprint density at radius 1 is 1.32 bits per heavy atom. The zero-order valence-electron chi connectivity index (χ0n) is 13.7. The highest BCUT2D eigenvalue weighted by atomic mass is 19.1. The maximum absolute atomic E-state index is 13.7. The van der Waals surface area contributed by atoms with Crippen molar-refractivity contribution < 1.29 is 22.7 Å². The summed E-state index contributed by atoms with van der Waals surface area (Å²) in [6.07, 6.45) is 9.05. The number of esters is 1. The second kappa shape index (κ2) is 8.05. The molecule has 0 bridgehead atoms. The Morgan fingerprint density at radius 2 is 2.20 bits per heavy atom. The van der Waals surface area contributed by atoms with Gasteiger partial charge in [0.05, 0.1) is 24.8 Å². The SMILES string of the molecule is O=C(CCc1ncc(-c2ccc(F)cc2F)o1)OCC1CC=CCC1. The molecule has 6 heteroatoms. The number of hydrogen-bond acceptors (Lipinski definition) is 4. The first kappa shape index (κ1) is 17.3. The number of oxazole rings is 1. The molecular weight excluding hydrogens is 328 g/mol. The Labute approximate surface area is 144 Å². The summed E-state index contributed by atoms with van der Waals surface area (Å²) in [6, 6.07) is 3.23. The normalized spacial score (nSPS) is 16.8. The molecule has 0 aliphatic heterocycles. The molecule has 0 radical (unpaired) electrons. The maximum atomic E-state index is 13.7. The van der Waals surface area contributed by atoms with E-state index in [0.29, 0.717) is 18.4 Å². The second-order valence-corrected chi connectivity index (χ2v) is 6.08. The van der Waals surface area contributed by atoms with Crippen molar-refractivity contribution in [1.82, 2.24) is 4.98 Å². The highest BCUT2D eigenvalue weighted by Gasteiger charge is 2.15. The number of rotatable bonds is 6. The zero-order valence-corrected chi connectivity index (χ0v) is 13.7. The number of ether oxygens (including phenoxy) is 1. The minimum Gasteiger partial charge on any atom is -0.465 e. The van der Waals surface area contributed by atoms with Gasteiger partial charge in [-0.3, -0.25) is 4.79 Å². The smallest absolute Gasteiger partial charge is 0.306 e. The largest absolute Gasteiger partial charge is 0.465 e. The number of hydrogen-bond donors (Lipinski definition) is 0. The number of aryl methyl sites for hydroxylation is 1. The van der Waals surface area contributed by atoms with Crippen LogP contribution in [0, 0.1) is 17.6 Å². The summed E-state index contributed by atoms with van der Waals surface area (Å²) in [6.45, 7) is 0.431. The molecule has 1 aliphatic carbocycles. The number of benzene rings is 1. The number of carbonyl (C=O) groups excluding carboxylic acids is 1. The van der Waals surface area contributed by atoms with E-state index in [-0.39, 0.29) is 30.1 Å². The van der Waals surface area contributed by atoms with Gasteiger partial charge in [0.15, 0.2) is 11.7 Å². The number of halogens is 2. The van der Waals surface area contributed by atoms with Crippen LogP contribution >= 0.6 is 0 Å². The summed E-state index contributed by atoms with van der Waals surface area (Å²) in [5.41, 5.74) is 0.132. The Bertz CT molecular complexity index is 770. The molecular formula is C19H19F2NO3. The lowest BCUT2D eigenvalue weighted by molar-refractivity contribution is -0.145. The average molecular weight is 347 g/mol. The van der Waals surface area contributed by atoms with Crippen molar-refractivity contribution in [1.29, 1.82) is 0 Å². The lowest BCUT2D eigenvalue weighted by Crippen LogP contribution is -2.15. The lowest BCUT2D eigenvalue weighted by atomic mass is 9.95. The van der Waals surface area contributed by atoms with E-state index in [0.717, 1.165) is 31.4 Å². The van der Waals surface area contributed by atoms with Gasteiger partial charge in [-0.1, -0.05) is 12.2 Å². The molecule has 1 aromatic carbocycles. The van der Waals surface area contributed by atoms with Crippen molar-refractivity contribution in [2.75, 3.05) is 6.61 Å². The minimum absolute atomic E-state index is 0.132. The van der Waals surface area contributed by atoms with Crippen molar-refractivity contribution in [3.63, 3.8) is 0 Å². The van der Waals surface area contributed by atoms with E-state index in [1.807, 2.05) is 0 Å². The molecule has 1 heterocycles. The molecule has 2 aromatic rings. The summed E-state index contributed by atoms with van der Waals surface area (Å²) in [5.74, 6) is -0.766. The summed E-state index contributed by atoms with van der Waals surface area (Å²) in [5, 5.41) is 0. The fourth-order valence-electron chi connectivity index (χ4n) is 2.74. The van der Waals surface area contributed by atoms with Crippen LogP contribution in [0.15, 0.2) is 41.0 Å². The van der Waals surface area contributed by atoms with E-state index >= 15 is 0 Å². The third kappa shape index (κ3) is 4.75. The van der Waals surface area contributed by atoms with Crippen LogP contribution in [0.2, 0.25) is 0 Å². The molecule has 1 aromatic heterocycles. The first-order valence-electron chi connectivity index (χ1n) is 8.32. The van der Waals surface area contributed by atoms with Crippen LogP contribution in [-0.4, -0.2) is 17.6 Å². The van der Waals surface area contributed by atoms with Gasteiger partial charge in [0.1, 0.15) is 11.6 Å². The third-order valence-electron chi connectivity index (χ3n) is 4.15. The number of allylic oxidation sites excluding steroid dienone is 2. The van der Waals surface area contributed by atoms with Gasteiger partial charge in [-0.2, -0.15) is 0 Å².